The summed E-state index contributed by atoms with van der Waals surface area (Å²) >= 11 is 0. The molecule has 0 unspecified atom stereocenters. The number of rotatable bonds is 5. The van der Waals surface area contributed by atoms with E-state index in [1.54, 1.807) is 18.2 Å². The van der Waals surface area contributed by atoms with Crippen LogP contribution in [-0.4, -0.2) is 20.6 Å². The molecule has 0 saturated carbocycles. The second-order valence-corrected chi connectivity index (χ2v) is 6.67. The summed E-state index contributed by atoms with van der Waals surface area (Å²) in [6.07, 6.45) is 1.88. The summed E-state index contributed by atoms with van der Waals surface area (Å²) in [4.78, 5) is 12.3. The van der Waals surface area contributed by atoms with E-state index in [1.165, 1.54) is 6.07 Å². The number of carbonyl (C=O) groups is 1. The van der Waals surface area contributed by atoms with Gasteiger partial charge in [0.25, 0.3) is 5.91 Å². The Morgan fingerprint density at radius 2 is 1.82 bits per heavy atom. The van der Waals surface area contributed by atoms with E-state index in [9.17, 15) is 13.2 Å². The van der Waals surface area contributed by atoms with Crippen molar-refractivity contribution in [1.82, 2.24) is 0 Å². The van der Waals surface area contributed by atoms with E-state index in [0.29, 0.717) is 11.3 Å². The SMILES string of the molecule is CCc1ccccc1NC(=O)c1cccc(NS(C)(=O)=O)c1. The highest BCUT2D eigenvalue weighted by molar-refractivity contribution is 7.92. The van der Waals surface area contributed by atoms with Crippen molar-refractivity contribution in [2.45, 2.75) is 13.3 Å². The van der Waals surface area contributed by atoms with Crippen LogP contribution in [0.2, 0.25) is 0 Å². The molecule has 22 heavy (non-hydrogen) atoms. The monoisotopic (exact) mass is 318 g/mol. The number of carbonyl (C=O) groups excluding carboxylic acids is 1. The van der Waals surface area contributed by atoms with Gasteiger partial charge in [-0.05, 0) is 36.2 Å². The van der Waals surface area contributed by atoms with Gasteiger partial charge in [0.1, 0.15) is 0 Å². The van der Waals surface area contributed by atoms with Gasteiger partial charge in [-0.3, -0.25) is 9.52 Å². The molecule has 2 N–H and O–H groups in total. The lowest BCUT2D eigenvalue weighted by Gasteiger charge is -2.10. The first kappa shape index (κ1) is 16.0. The Labute approximate surface area is 130 Å². The molecule has 0 aromatic heterocycles. The lowest BCUT2D eigenvalue weighted by molar-refractivity contribution is 0.102. The maximum atomic E-state index is 12.3. The molecule has 0 bridgehead atoms. The number of amides is 1. The minimum Gasteiger partial charge on any atom is -0.322 e. The van der Waals surface area contributed by atoms with Gasteiger partial charge in [-0.2, -0.15) is 0 Å². The molecule has 0 saturated heterocycles. The molecular weight excluding hydrogens is 300 g/mol. The zero-order valence-corrected chi connectivity index (χ0v) is 13.3. The van der Waals surface area contributed by atoms with Gasteiger partial charge >= 0.3 is 0 Å². The van der Waals surface area contributed by atoms with Crippen molar-refractivity contribution in [3.05, 3.63) is 59.7 Å². The molecule has 0 aliphatic heterocycles. The Bertz CT molecular complexity index is 785. The number of anilines is 2. The molecule has 2 aromatic rings. The first-order valence-electron chi connectivity index (χ1n) is 6.86. The zero-order valence-electron chi connectivity index (χ0n) is 12.5. The summed E-state index contributed by atoms with van der Waals surface area (Å²) in [5, 5.41) is 2.85. The Kier molecular flexibility index (Phi) is 4.82. The van der Waals surface area contributed by atoms with E-state index >= 15 is 0 Å². The van der Waals surface area contributed by atoms with Crippen LogP contribution in [0, 0.1) is 0 Å². The van der Waals surface area contributed by atoms with Crippen LogP contribution in [0.3, 0.4) is 0 Å². The van der Waals surface area contributed by atoms with Crippen LogP contribution in [0.4, 0.5) is 11.4 Å². The number of para-hydroxylation sites is 1. The highest BCUT2D eigenvalue weighted by Crippen LogP contribution is 2.18. The van der Waals surface area contributed by atoms with Crippen molar-refractivity contribution in [2.75, 3.05) is 16.3 Å². The molecule has 0 heterocycles. The average molecular weight is 318 g/mol. The molecule has 0 aliphatic rings. The number of hydrogen-bond donors (Lipinski definition) is 2. The molecule has 5 nitrogen and oxygen atoms in total. The summed E-state index contributed by atoms with van der Waals surface area (Å²) in [7, 11) is -3.37. The summed E-state index contributed by atoms with van der Waals surface area (Å²) < 4.78 is 24.8. The van der Waals surface area contributed by atoms with Gasteiger partial charge in [-0.25, -0.2) is 8.42 Å². The van der Waals surface area contributed by atoms with Crippen molar-refractivity contribution < 1.29 is 13.2 Å². The maximum absolute atomic E-state index is 12.3. The lowest BCUT2D eigenvalue weighted by atomic mass is 10.1. The fourth-order valence-electron chi connectivity index (χ4n) is 2.08. The van der Waals surface area contributed by atoms with Gasteiger partial charge in [0.15, 0.2) is 0 Å². The van der Waals surface area contributed by atoms with Crippen LogP contribution in [0.5, 0.6) is 0 Å². The second-order valence-electron chi connectivity index (χ2n) is 4.92. The number of nitrogens with one attached hydrogen (secondary N) is 2. The number of hydrogen-bond acceptors (Lipinski definition) is 3. The third-order valence-corrected chi connectivity index (χ3v) is 3.68. The Balaban J connectivity index is 2.21. The van der Waals surface area contributed by atoms with E-state index in [4.69, 9.17) is 0 Å². The van der Waals surface area contributed by atoms with E-state index < -0.39 is 10.0 Å². The minimum atomic E-state index is -3.37. The molecule has 0 radical (unpaired) electrons. The van der Waals surface area contributed by atoms with Crippen LogP contribution in [0.1, 0.15) is 22.8 Å². The Hall–Kier alpha value is -2.34. The molecule has 6 heteroatoms. The third-order valence-electron chi connectivity index (χ3n) is 3.07. The largest absolute Gasteiger partial charge is 0.322 e. The van der Waals surface area contributed by atoms with E-state index in [-0.39, 0.29) is 5.91 Å². The van der Waals surface area contributed by atoms with Crippen molar-refractivity contribution in [3.8, 4) is 0 Å². The first-order valence-corrected chi connectivity index (χ1v) is 8.75. The molecule has 2 rings (SSSR count). The lowest BCUT2D eigenvalue weighted by Crippen LogP contribution is -2.14. The molecule has 1 amide bonds. The summed E-state index contributed by atoms with van der Waals surface area (Å²) in [5.74, 6) is -0.280. The molecule has 2 aromatic carbocycles. The topological polar surface area (TPSA) is 75.3 Å². The number of aryl methyl sites for hydroxylation is 1. The molecule has 116 valence electrons. The van der Waals surface area contributed by atoms with Gasteiger partial charge in [-0.15, -0.1) is 0 Å². The van der Waals surface area contributed by atoms with Gasteiger partial charge < -0.3 is 5.32 Å². The van der Waals surface area contributed by atoms with Crippen molar-refractivity contribution in [1.29, 1.82) is 0 Å². The van der Waals surface area contributed by atoms with Crippen LogP contribution in [0.15, 0.2) is 48.5 Å². The summed E-state index contributed by atoms with van der Waals surface area (Å²) in [6.45, 7) is 2.02. The van der Waals surface area contributed by atoms with E-state index in [0.717, 1.165) is 23.9 Å². The molecule has 0 fully saturated rings. The normalized spacial score (nSPS) is 11.0. The molecule has 0 spiro atoms. The smallest absolute Gasteiger partial charge is 0.255 e. The van der Waals surface area contributed by atoms with Gasteiger partial charge in [-0.1, -0.05) is 31.2 Å². The van der Waals surface area contributed by atoms with Gasteiger partial charge in [0, 0.05) is 16.9 Å². The highest BCUT2D eigenvalue weighted by atomic mass is 32.2. The quantitative estimate of drug-likeness (QED) is 0.890. The average Bonchev–Trinajstić information content (AvgIpc) is 2.46. The number of benzene rings is 2. The van der Waals surface area contributed by atoms with Crippen LogP contribution in [-0.2, 0) is 16.4 Å². The summed E-state index contributed by atoms with van der Waals surface area (Å²) in [5.41, 5.74) is 2.55. The van der Waals surface area contributed by atoms with Crippen molar-refractivity contribution in [2.24, 2.45) is 0 Å². The van der Waals surface area contributed by atoms with Crippen LogP contribution < -0.4 is 10.0 Å². The predicted octanol–water partition coefficient (Wildman–Crippen LogP) is 2.87. The standard InChI is InChI=1S/C16H18N2O3S/c1-3-12-7-4-5-10-15(12)17-16(19)13-8-6-9-14(11-13)18-22(2,20)21/h4-11,18H,3H2,1-2H3,(H,17,19). The summed E-state index contributed by atoms with van der Waals surface area (Å²) in [6, 6.07) is 13.9. The molecule has 0 atom stereocenters. The van der Waals surface area contributed by atoms with Gasteiger partial charge in [0.2, 0.25) is 10.0 Å². The maximum Gasteiger partial charge on any atom is 0.255 e. The fourth-order valence-corrected chi connectivity index (χ4v) is 2.64. The fraction of sp³-hybridized carbons (Fsp3) is 0.188. The minimum absolute atomic E-state index is 0.280. The second kappa shape index (κ2) is 6.62. The zero-order chi connectivity index (χ0) is 16.2. The van der Waals surface area contributed by atoms with Gasteiger partial charge in [0.05, 0.1) is 6.26 Å². The van der Waals surface area contributed by atoms with Crippen LogP contribution in [0.25, 0.3) is 0 Å². The third kappa shape index (κ3) is 4.33. The van der Waals surface area contributed by atoms with Crippen molar-refractivity contribution in [3.63, 3.8) is 0 Å². The van der Waals surface area contributed by atoms with Crippen LogP contribution >= 0.6 is 0 Å². The number of sulfonamides is 1. The Morgan fingerprint density at radius 1 is 1.09 bits per heavy atom. The van der Waals surface area contributed by atoms with E-state index in [1.807, 2.05) is 31.2 Å². The molecular formula is C16H18N2O3S. The highest BCUT2D eigenvalue weighted by Gasteiger charge is 2.10. The van der Waals surface area contributed by atoms with Crippen molar-refractivity contribution >= 4 is 27.3 Å². The molecule has 0 aliphatic carbocycles. The predicted molar refractivity (Wildman–Crippen MR) is 88.7 cm³/mol. The Morgan fingerprint density at radius 3 is 2.50 bits per heavy atom. The first-order chi connectivity index (χ1) is 10.4. The van der Waals surface area contributed by atoms with E-state index in [2.05, 4.69) is 10.0 Å².